The number of amides is 11. The van der Waals surface area contributed by atoms with Gasteiger partial charge in [0.25, 0.3) is 0 Å². The monoisotopic (exact) mass is 1450 g/mol. The summed E-state index contributed by atoms with van der Waals surface area (Å²) >= 11 is 6.14. The molecule has 30 heteroatoms. The van der Waals surface area contributed by atoms with E-state index in [1.54, 1.807) is 34.6 Å². The summed E-state index contributed by atoms with van der Waals surface area (Å²) in [4.78, 5) is 173. The van der Waals surface area contributed by atoms with Crippen molar-refractivity contribution in [3.63, 3.8) is 0 Å². The number of ether oxygens (including phenoxy) is 1. The fourth-order valence-corrected chi connectivity index (χ4v) is 14.1. The minimum atomic E-state index is -4.82. The van der Waals surface area contributed by atoms with Crippen LogP contribution in [0.2, 0.25) is 5.02 Å². The summed E-state index contributed by atoms with van der Waals surface area (Å²) in [6.45, 7) is 14.8. The van der Waals surface area contributed by atoms with E-state index in [-0.39, 0.29) is 88.1 Å². The maximum atomic E-state index is 15.4. The van der Waals surface area contributed by atoms with Gasteiger partial charge in [0.2, 0.25) is 65.0 Å². The van der Waals surface area contributed by atoms with E-state index in [0.29, 0.717) is 25.7 Å². The van der Waals surface area contributed by atoms with E-state index in [0.717, 1.165) is 57.2 Å². The van der Waals surface area contributed by atoms with Crippen LogP contribution in [0.1, 0.15) is 155 Å². The predicted octanol–water partition coefficient (Wildman–Crippen LogP) is 6.73. The lowest BCUT2D eigenvalue weighted by Crippen LogP contribution is -2.65. The predicted molar refractivity (Wildman–Crippen MR) is 364 cm³/mol. The van der Waals surface area contributed by atoms with Crippen molar-refractivity contribution >= 4 is 76.6 Å². The lowest BCUT2D eigenvalue weighted by Gasteiger charge is -2.45. The third-order valence-corrected chi connectivity index (χ3v) is 21.2. The number of aryl methyl sites for hydroxylation is 1. The molecule has 0 bridgehead atoms. The van der Waals surface area contributed by atoms with Gasteiger partial charge in [0.05, 0.1) is 28.8 Å². The first-order chi connectivity index (χ1) is 47.1. The van der Waals surface area contributed by atoms with Crippen LogP contribution in [0.25, 0.3) is 0 Å². The van der Waals surface area contributed by atoms with Gasteiger partial charge in [-0.3, -0.25) is 52.7 Å². The van der Waals surface area contributed by atoms with Gasteiger partial charge in [-0.15, -0.1) is 0 Å². The van der Waals surface area contributed by atoms with E-state index in [2.05, 4.69) is 16.0 Å². The van der Waals surface area contributed by atoms with Gasteiger partial charge < -0.3 is 59.9 Å². The van der Waals surface area contributed by atoms with Gasteiger partial charge in [-0.25, -0.2) is 0 Å². The lowest BCUT2D eigenvalue weighted by atomic mass is 9.90. The molecule has 11 amide bonds. The van der Waals surface area contributed by atoms with E-state index in [9.17, 15) is 59.9 Å². The molecule has 23 nitrogen and oxygen atoms in total. The Bertz CT molecular complexity index is 3340. The zero-order valence-corrected chi connectivity index (χ0v) is 61.4. The number of carbonyl (C=O) groups is 11. The van der Waals surface area contributed by atoms with Crippen LogP contribution >= 0.6 is 11.6 Å². The third-order valence-electron chi connectivity index (χ3n) is 20.9. The molecular formula is C71H102ClF6N11O12. The topological polar surface area (TPSA) is 259 Å². The number of nitrogens with one attached hydrogen (secondary N) is 3. The molecule has 2 aromatic carbocycles. The maximum Gasteiger partial charge on any atom is 0.417 e. The molecule has 1 spiro atoms. The third kappa shape index (κ3) is 19.6. The van der Waals surface area contributed by atoms with Crippen LogP contribution in [0.5, 0.6) is 0 Å². The van der Waals surface area contributed by atoms with Crippen molar-refractivity contribution in [2.24, 2.45) is 17.8 Å². The van der Waals surface area contributed by atoms with Gasteiger partial charge in [-0.05, 0) is 112 Å². The number of carbonyl (C=O) groups excluding carboxylic acids is 11. The van der Waals surface area contributed by atoms with Crippen molar-refractivity contribution in [1.29, 1.82) is 0 Å². The van der Waals surface area contributed by atoms with Crippen molar-refractivity contribution in [1.82, 2.24) is 55.1 Å². The summed E-state index contributed by atoms with van der Waals surface area (Å²) in [5.41, 5.74) is -3.37. The van der Waals surface area contributed by atoms with Crippen LogP contribution in [-0.4, -0.2) is 239 Å². The smallest absolute Gasteiger partial charge is 0.377 e. The average molecular weight is 1450 g/mol. The molecule has 0 unspecified atom stereocenters. The van der Waals surface area contributed by atoms with Crippen LogP contribution in [0.3, 0.4) is 0 Å². The molecule has 0 aromatic heterocycles. The second kappa shape index (κ2) is 34.6. The van der Waals surface area contributed by atoms with E-state index in [1.165, 1.54) is 73.7 Å². The van der Waals surface area contributed by atoms with E-state index >= 15 is 19.2 Å². The number of fused-ring (bicyclic) bond motifs is 2. The second-order valence-corrected chi connectivity index (χ2v) is 28.8. The van der Waals surface area contributed by atoms with Crippen molar-refractivity contribution < 1.29 is 83.8 Å². The first-order valence-corrected chi connectivity index (χ1v) is 35.3. The average Bonchev–Trinajstić information content (AvgIpc) is 1.26. The van der Waals surface area contributed by atoms with Gasteiger partial charge in [-0.1, -0.05) is 97.0 Å². The number of hydrogen-bond donors (Lipinski definition) is 3. The molecule has 4 fully saturated rings. The van der Waals surface area contributed by atoms with Gasteiger partial charge in [-0.2, -0.15) is 26.3 Å². The zero-order chi connectivity index (χ0) is 75.7. The number of nitrogens with zero attached hydrogens (tertiary/aromatic N) is 8. The quantitative estimate of drug-likeness (QED) is 0.176. The van der Waals surface area contributed by atoms with Crippen LogP contribution in [0.15, 0.2) is 42.5 Å². The molecule has 3 aliphatic heterocycles. The molecule has 0 radical (unpaired) electrons. The zero-order valence-electron chi connectivity index (χ0n) is 60.7. The minimum Gasteiger partial charge on any atom is -0.377 e. The molecule has 1 saturated carbocycles. The van der Waals surface area contributed by atoms with Crippen LogP contribution in [0, 0.1) is 17.8 Å². The summed E-state index contributed by atoms with van der Waals surface area (Å²) in [5, 5.41) is 7.91. The minimum absolute atomic E-state index is 0.0231. The number of benzene rings is 2. The van der Waals surface area contributed by atoms with Crippen LogP contribution < -0.4 is 16.0 Å². The first kappa shape index (κ1) is 82.4. The van der Waals surface area contributed by atoms with Crippen LogP contribution in [-0.2, 0) is 82.7 Å². The fraction of sp³-hybridized carbons (Fsp3) is 0.676. The highest BCUT2D eigenvalue weighted by Gasteiger charge is 2.52. The molecule has 6 rings (SSSR count). The Labute approximate surface area is 593 Å². The standard InChI is InChI=1S/C71H102ClF6N11O12/c1-16-41(6)58-66(98)84(12)44(9)62(94)88-32-29-52(88)65(97)86(14)55(36-46-21-25-47(26-22-46)70(73,74)75)64(96)82(10)39-56(90)79-51(28-24-45-23-27-49(50(72)35-45)71(76,77)78)63(95)89-38-48(101-18-3)37-54(89)61(93)81-69(30-19-20-31-69)68(100)87(15)59(42(7)17-2)67(99)83(11)43(8)34-57(91)85(13)53(33-40(4)5)60(92)80-58/h21-23,25-27,35,40-44,48,51-55,58-59H,16-20,24,28-34,36-39H2,1-15H3,(H,79,90)(H,80,92)(H,81,93)/t41-,42-,43+,44-,48+,51-,52-,53-,54-,55-,58-,59-/m0/s1. The summed E-state index contributed by atoms with van der Waals surface area (Å²) in [6, 6.07) is -4.53. The molecular weight excluding hydrogens is 1350 g/mol. The number of likely N-dealkylation sites (N-methyl/N-ethyl adjacent to an activating group) is 6. The Morgan fingerprint density at radius 1 is 0.644 bits per heavy atom. The van der Waals surface area contributed by atoms with Gasteiger partial charge >= 0.3 is 12.4 Å². The second-order valence-electron chi connectivity index (χ2n) is 28.4. The van der Waals surface area contributed by atoms with Crippen molar-refractivity contribution in [2.45, 2.75) is 224 Å². The highest BCUT2D eigenvalue weighted by molar-refractivity contribution is 6.31. The summed E-state index contributed by atoms with van der Waals surface area (Å²) in [7, 11) is 8.26. The highest BCUT2D eigenvalue weighted by atomic mass is 35.5. The molecule has 3 N–H and O–H groups in total. The molecule has 101 heavy (non-hydrogen) atoms. The Morgan fingerprint density at radius 3 is 1.80 bits per heavy atom. The van der Waals surface area contributed by atoms with Crippen molar-refractivity contribution in [3.05, 3.63) is 69.7 Å². The first-order valence-electron chi connectivity index (χ1n) is 34.9. The Hall–Kier alpha value is -7.56. The number of halogens is 7. The number of alkyl halides is 6. The summed E-state index contributed by atoms with van der Waals surface area (Å²) in [5.74, 6) is -9.13. The molecule has 12 atom stereocenters. The normalized spacial score (nSPS) is 26.8. The van der Waals surface area contributed by atoms with Crippen molar-refractivity contribution in [3.8, 4) is 0 Å². The van der Waals surface area contributed by atoms with E-state index < -0.39 is 184 Å². The Balaban J connectivity index is 1.46. The SMILES string of the molecule is CCO[C@@H]1C[C@H]2C(=O)NC3(CCCC3)C(=O)N(C)[C@@H]([C@@H](C)CC)C(=O)N(C)[C@H](C)CC(=O)N(C)[C@@H](CC(C)C)C(=O)N[C@@H]([C@@H](C)CC)C(=O)N(C)[C@@H](C)C(=O)N3CC[C@H]3C(=O)N(C)[C@@H](Cc3ccc(C(F)(F)F)cc3)C(=O)N(C)CC(=O)N[C@@H](CCc3ccc(C(F)(F)F)c(Cl)c3)C(=O)N2C1. The summed E-state index contributed by atoms with van der Waals surface area (Å²) in [6.07, 6.45) is -9.40. The van der Waals surface area contributed by atoms with Crippen molar-refractivity contribution in [2.75, 3.05) is 68.5 Å². The van der Waals surface area contributed by atoms with Crippen LogP contribution in [0.4, 0.5) is 26.3 Å². The lowest BCUT2D eigenvalue weighted by molar-refractivity contribution is -0.160. The molecule has 3 heterocycles. The molecule has 3 saturated heterocycles. The van der Waals surface area contributed by atoms with E-state index in [4.69, 9.17) is 16.3 Å². The summed E-state index contributed by atoms with van der Waals surface area (Å²) < 4.78 is 89.3. The number of hydrogen-bond acceptors (Lipinski definition) is 12. The van der Waals surface area contributed by atoms with Gasteiger partial charge in [0, 0.05) is 87.3 Å². The molecule has 4 aliphatic rings. The molecule has 562 valence electrons. The number of rotatable bonds is 13. The van der Waals surface area contributed by atoms with Gasteiger partial charge in [0.1, 0.15) is 53.9 Å². The fourth-order valence-electron chi connectivity index (χ4n) is 13.8. The Morgan fingerprint density at radius 2 is 1.26 bits per heavy atom. The van der Waals surface area contributed by atoms with E-state index in [1.807, 2.05) is 20.8 Å². The van der Waals surface area contributed by atoms with Gasteiger partial charge in [0.15, 0.2) is 0 Å². The molecule has 2 aromatic rings. The largest absolute Gasteiger partial charge is 0.417 e. The molecule has 1 aliphatic carbocycles. The Kier molecular flexibility index (Phi) is 28.2. The highest BCUT2D eigenvalue weighted by Crippen LogP contribution is 2.38. The maximum absolute atomic E-state index is 15.4.